The highest BCUT2D eigenvalue weighted by Gasteiger charge is 2.09. The number of ether oxygens (including phenoxy) is 4. The van der Waals surface area contributed by atoms with Crippen LogP contribution in [0.15, 0.2) is 24.3 Å². The lowest BCUT2D eigenvalue weighted by Gasteiger charge is -2.08. The molecular weight excluding hydrogens is 338 g/mol. The van der Waals surface area contributed by atoms with Crippen LogP contribution in [0.3, 0.4) is 0 Å². The van der Waals surface area contributed by atoms with Crippen molar-refractivity contribution in [2.45, 2.75) is 0 Å². The van der Waals surface area contributed by atoms with Crippen LogP contribution >= 0.6 is 0 Å². The Morgan fingerprint density at radius 1 is 1.04 bits per heavy atom. The van der Waals surface area contributed by atoms with Crippen molar-refractivity contribution in [2.75, 3.05) is 57.7 Å². The number of methoxy groups -OCH3 is 1. The van der Waals surface area contributed by atoms with E-state index in [1.54, 1.807) is 25.3 Å². The number of anilines is 1. The normalized spacial score (nSPS) is 11.2. The molecule has 0 aliphatic rings. The second-order valence-electron chi connectivity index (χ2n) is 4.81. The second-order valence-corrected chi connectivity index (χ2v) is 6.56. The predicted octanol–water partition coefficient (Wildman–Crippen LogP) is 0.894. The lowest BCUT2D eigenvalue weighted by molar-refractivity contribution is 0.00570. The van der Waals surface area contributed by atoms with Crippen LogP contribution in [0, 0.1) is 0 Å². The van der Waals surface area contributed by atoms with Crippen LogP contribution in [0.2, 0.25) is 0 Å². The standard InChI is InChI=1S/C15H23NO7S/c1-20-6-7-21-8-9-22-10-11-23-15(17)13-4-3-5-14(12-13)16-24(2,18)19/h3-5,12,16H,6-11H2,1-2H3. The zero-order chi connectivity index (χ0) is 17.8. The maximum absolute atomic E-state index is 11.9. The van der Waals surface area contributed by atoms with Crippen molar-refractivity contribution in [3.05, 3.63) is 29.8 Å². The van der Waals surface area contributed by atoms with Crippen LogP contribution in [0.5, 0.6) is 0 Å². The van der Waals surface area contributed by atoms with Crippen molar-refractivity contribution in [1.82, 2.24) is 0 Å². The first-order valence-corrected chi connectivity index (χ1v) is 9.21. The topological polar surface area (TPSA) is 100 Å². The highest BCUT2D eigenvalue weighted by molar-refractivity contribution is 7.92. The summed E-state index contributed by atoms with van der Waals surface area (Å²) in [6, 6.07) is 6.07. The Labute approximate surface area is 142 Å². The third kappa shape index (κ3) is 9.46. The fraction of sp³-hybridized carbons (Fsp3) is 0.533. The van der Waals surface area contributed by atoms with Gasteiger partial charge in [0.25, 0.3) is 0 Å². The molecule has 24 heavy (non-hydrogen) atoms. The van der Waals surface area contributed by atoms with Crippen LogP contribution < -0.4 is 4.72 Å². The number of hydrogen-bond donors (Lipinski definition) is 1. The molecule has 0 atom stereocenters. The predicted molar refractivity (Wildman–Crippen MR) is 88.7 cm³/mol. The summed E-state index contributed by atoms with van der Waals surface area (Å²) in [4.78, 5) is 11.9. The molecule has 8 nitrogen and oxygen atoms in total. The third-order valence-corrected chi connectivity index (χ3v) is 3.27. The maximum Gasteiger partial charge on any atom is 0.338 e. The molecule has 0 amide bonds. The van der Waals surface area contributed by atoms with Gasteiger partial charge in [-0.2, -0.15) is 0 Å². The van der Waals surface area contributed by atoms with E-state index >= 15 is 0 Å². The Balaban J connectivity index is 2.25. The van der Waals surface area contributed by atoms with Gasteiger partial charge in [-0.25, -0.2) is 13.2 Å². The van der Waals surface area contributed by atoms with Crippen molar-refractivity contribution >= 4 is 21.7 Å². The molecule has 0 aliphatic heterocycles. The van der Waals surface area contributed by atoms with Gasteiger partial charge in [-0.05, 0) is 18.2 Å². The van der Waals surface area contributed by atoms with E-state index in [2.05, 4.69) is 4.72 Å². The van der Waals surface area contributed by atoms with Crippen LogP contribution in [0.4, 0.5) is 5.69 Å². The smallest absolute Gasteiger partial charge is 0.338 e. The Bertz CT molecular complexity index is 604. The van der Waals surface area contributed by atoms with Crippen LogP contribution in [0.1, 0.15) is 10.4 Å². The lowest BCUT2D eigenvalue weighted by Crippen LogP contribution is -2.14. The summed E-state index contributed by atoms with van der Waals surface area (Å²) < 4.78 is 45.0. The molecule has 0 aliphatic carbocycles. The molecule has 1 rings (SSSR count). The van der Waals surface area contributed by atoms with Gasteiger partial charge in [0.15, 0.2) is 0 Å². The summed E-state index contributed by atoms with van der Waals surface area (Å²) in [7, 11) is -1.80. The number of sulfonamides is 1. The highest BCUT2D eigenvalue weighted by atomic mass is 32.2. The average molecular weight is 361 g/mol. The van der Waals surface area contributed by atoms with Crippen molar-refractivity contribution < 1.29 is 32.2 Å². The van der Waals surface area contributed by atoms with E-state index in [1.165, 1.54) is 6.07 Å². The van der Waals surface area contributed by atoms with E-state index in [9.17, 15) is 13.2 Å². The van der Waals surface area contributed by atoms with Gasteiger partial charge in [-0.3, -0.25) is 4.72 Å². The lowest BCUT2D eigenvalue weighted by atomic mass is 10.2. The van der Waals surface area contributed by atoms with Crippen LogP contribution in [-0.2, 0) is 29.0 Å². The van der Waals surface area contributed by atoms with E-state index in [1.807, 2.05) is 0 Å². The molecule has 0 unspecified atom stereocenters. The summed E-state index contributed by atoms with van der Waals surface area (Å²) in [5, 5.41) is 0. The summed E-state index contributed by atoms with van der Waals surface area (Å²) in [6.07, 6.45) is 1.04. The monoisotopic (exact) mass is 361 g/mol. The van der Waals surface area contributed by atoms with Crippen molar-refractivity contribution in [3.8, 4) is 0 Å². The molecule has 0 spiro atoms. The molecule has 0 saturated carbocycles. The summed E-state index contributed by atoms with van der Waals surface area (Å²) in [5.74, 6) is -0.549. The van der Waals surface area contributed by atoms with Crippen LogP contribution in [0.25, 0.3) is 0 Å². The van der Waals surface area contributed by atoms with Gasteiger partial charge in [0.05, 0.1) is 44.9 Å². The fourth-order valence-corrected chi connectivity index (χ4v) is 2.22. The molecule has 0 heterocycles. The Kier molecular flexibility index (Phi) is 9.31. The zero-order valence-electron chi connectivity index (χ0n) is 13.8. The largest absolute Gasteiger partial charge is 0.460 e. The molecule has 1 N–H and O–H groups in total. The number of nitrogens with one attached hydrogen (secondary N) is 1. The van der Waals surface area contributed by atoms with Gasteiger partial charge >= 0.3 is 5.97 Å². The van der Waals surface area contributed by atoms with Gasteiger partial charge in [0.1, 0.15) is 6.61 Å². The third-order valence-electron chi connectivity index (χ3n) is 2.67. The highest BCUT2D eigenvalue weighted by Crippen LogP contribution is 2.12. The maximum atomic E-state index is 11.9. The van der Waals surface area contributed by atoms with Gasteiger partial charge in [0, 0.05) is 12.8 Å². The van der Waals surface area contributed by atoms with Gasteiger partial charge in [-0.1, -0.05) is 6.07 Å². The van der Waals surface area contributed by atoms with Gasteiger partial charge in [-0.15, -0.1) is 0 Å². The number of rotatable bonds is 12. The fourth-order valence-electron chi connectivity index (χ4n) is 1.66. The number of carbonyl (C=O) groups is 1. The molecule has 1 aromatic rings. The first kappa shape index (κ1) is 20.4. The SMILES string of the molecule is COCCOCCOCCOC(=O)c1cccc(NS(C)(=O)=O)c1. The Morgan fingerprint density at radius 2 is 1.67 bits per heavy atom. The Morgan fingerprint density at radius 3 is 2.29 bits per heavy atom. The van der Waals surface area contributed by atoms with E-state index in [-0.39, 0.29) is 18.8 Å². The number of benzene rings is 1. The van der Waals surface area contributed by atoms with Crippen molar-refractivity contribution in [3.63, 3.8) is 0 Å². The molecule has 0 radical (unpaired) electrons. The molecule has 0 bridgehead atoms. The average Bonchev–Trinajstić information content (AvgIpc) is 2.51. The van der Waals surface area contributed by atoms with Crippen LogP contribution in [-0.4, -0.2) is 67.4 Å². The molecule has 0 aromatic heterocycles. The first-order chi connectivity index (χ1) is 11.4. The zero-order valence-corrected chi connectivity index (χ0v) is 14.6. The van der Waals surface area contributed by atoms with E-state index < -0.39 is 16.0 Å². The molecule has 0 saturated heterocycles. The van der Waals surface area contributed by atoms with E-state index in [4.69, 9.17) is 18.9 Å². The Hall–Kier alpha value is -1.68. The van der Waals surface area contributed by atoms with E-state index in [0.717, 1.165) is 6.26 Å². The first-order valence-electron chi connectivity index (χ1n) is 7.32. The number of carbonyl (C=O) groups excluding carboxylic acids is 1. The van der Waals surface area contributed by atoms with Crippen molar-refractivity contribution in [1.29, 1.82) is 0 Å². The molecule has 1 aromatic carbocycles. The minimum absolute atomic E-state index is 0.0979. The molecular formula is C15H23NO7S. The minimum Gasteiger partial charge on any atom is -0.460 e. The second kappa shape index (κ2) is 11.0. The van der Waals surface area contributed by atoms with Gasteiger partial charge in [0.2, 0.25) is 10.0 Å². The van der Waals surface area contributed by atoms with Crippen molar-refractivity contribution in [2.24, 2.45) is 0 Å². The number of hydrogen-bond acceptors (Lipinski definition) is 7. The minimum atomic E-state index is -3.40. The summed E-state index contributed by atoms with van der Waals surface area (Å²) >= 11 is 0. The molecule has 136 valence electrons. The number of esters is 1. The van der Waals surface area contributed by atoms with E-state index in [0.29, 0.717) is 32.1 Å². The quantitative estimate of drug-likeness (QED) is 0.436. The summed E-state index contributed by atoms with van der Waals surface area (Å²) in [6.45, 7) is 2.23. The molecule has 9 heteroatoms. The molecule has 0 fully saturated rings. The summed E-state index contributed by atoms with van der Waals surface area (Å²) in [5.41, 5.74) is 0.558. The van der Waals surface area contributed by atoms with Gasteiger partial charge < -0.3 is 18.9 Å².